The first-order chi connectivity index (χ1) is 14.0. The largest absolute Gasteiger partial charge is 0.459 e. The summed E-state index contributed by atoms with van der Waals surface area (Å²) in [6.07, 6.45) is 4.74. The van der Waals surface area contributed by atoms with Gasteiger partial charge in [0.15, 0.2) is 11.9 Å². The second kappa shape index (κ2) is 9.41. The molecule has 1 saturated heterocycles. The zero-order chi connectivity index (χ0) is 20.8. The zero-order valence-electron chi connectivity index (χ0n) is 16.8. The van der Waals surface area contributed by atoms with E-state index in [9.17, 15) is 14.4 Å². The number of anilines is 1. The van der Waals surface area contributed by atoms with Gasteiger partial charge < -0.3 is 19.4 Å². The van der Waals surface area contributed by atoms with Gasteiger partial charge in [-0.15, -0.1) is 0 Å². The van der Waals surface area contributed by atoms with E-state index < -0.39 is 18.0 Å². The summed E-state index contributed by atoms with van der Waals surface area (Å²) >= 11 is 0. The van der Waals surface area contributed by atoms with Crippen molar-refractivity contribution < 1.29 is 23.5 Å². The molecule has 3 rings (SSSR count). The second-order valence-electron chi connectivity index (χ2n) is 7.25. The van der Waals surface area contributed by atoms with Crippen LogP contribution < -0.4 is 5.32 Å². The van der Waals surface area contributed by atoms with E-state index >= 15 is 0 Å². The van der Waals surface area contributed by atoms with Gasteiger partial charge in [-0.2, -0.15) is 0 Å². The Bertz CT molecular complexity index is 867. The second-order valence-corrected chi connectivity index (χ2v) is 7.25. The van der Waals surface area contributed by atoms with Crippen molar-refractivity contribution in [3.63, 3.8) is 0 Å². The molecular weight excluding hydrogens is 372 g/mol. The van der Waals surface area contributed by atoms with E-state index in [1.807, 2.05) is 6.92 Å². The molecule has 1 aliphatic heterocycles. The van der Waals surface area contributed by atoms with Crippen LogP contribution in [0.4, 0.5) is 5.69 Å². The molecule has 1 aliphatic rings. The Balaban J connectivity index is 1.65. The van der Waals surface area contributed by atoms with E-state index in [1.165, 1.54) is 6.26 Å². The lowest BCUT2D eigenvalue weighted by Gasteiger charge is -2.24. The molecule has 7 heteroatoms. The summed E-state index contributed by atoms with van der Waals surface area (Å²) in [5.41, 5.74) is 1.53. The zero-order valence-corrected chi connectivity index (χ0v) is 16.8. The van der Waals surface area contributed by atoms with Gasteiger partial charge in [0.1, 0.15) is 0 Å². The number of carbonyl (C=O) groups is 3. The summed E-state index contributed by atoms with van der Waals surface area (Å²) < 4.78 is 10.5. The molecule has 1 fully saturated rings. The first-order valence-corrected chi connectivity index (χ1v) is 9.91. The molecule has 1 N–H and O–H groups in total. The number of furan rings is 1. The molecule has 29 heavy (non-hydrogen) atoms. The molecule has 2 heterocycles. The Morgan fingerprint density at radius 1 is 1.10 bits per heavy atom. The maximum absolute atomic E-state index is 12.6. The number of likely N-dealkylation sites (tertiary alicyclic amines) is 1. The van der Waals surface area contributed by atoms with E-state index in [2.05, 4.69) is 5.32 Å². The van der Waals surface area contributed by atoms with E-state index in [-0.39, 0.29) is 17.2 Å². The molecule has 2 aromatic rings. The van der Waals surface area contributed by atoms with Crippen LogP contribution in [0.3, 0.4) is 0 Å². The number of carbonyl (C=O) groups excluding carboxylic acids is 3. The lowest BCUT2D eigenvalue weighted by Crippen LogP contribution is -2.40. The standard InChI is InChI=1S/C22H26N2O5/c1-15-9-10-17(14-18(15)23-20(25)19-8-7-13-28-19)22(27)29-16(2)21(26)24-11-5-3-4-6-12-24/h7-10,13-14,16H,3-6,11-12H2,1-2H3,(H,23,25). The van der Waals surface area contributed by atoms with Crippen molar-refractivity contribution in [3.05, 3.63) is 53.5 Å². The molecule has 0 saturated carbocycles. The third-order valence-electron chi connectivity index (χ3n) is 5.02. The predicted molar refractivity (Wildman–Crippen MR) is 108 cm³/mol. The summed E-state index contributed by atoms with van der Waals surface area (Å²) in [5.74, 6) is -1.00. The van der Waals surface area contributed by atoms with Crippen molar-refractivity contribution in [3.8, 4) is 0 Å². The van der Waals surface area contributed by atoms with Crippen LogP contribution in [-0.2, 0) is 9.53 Å². The summed E-state index contributed by atoms with van der Waals surface area (Å²) in [5, 5.41) is 2.73. The average Bonchev–Trinajstić information content (AvgIpc) is 3.12. The number of benzene rings is 1. The molecule has 0 bridgehead atoms. The van der Waals surface area contributed by atoms with Gasteiger partial charge in [-0.05, 0) is 56.5 Å². The molecule has 7 nitrogen and oxygen atoms in total. The Morgan fingerprint density at radius 2 is 1.83 bits per heavy atom. The predicted octanol–water partition coefficient (Wildman–Crippen LogP) is 3.79. The fraction of sp³-hybridized carbons (Fsp3) is 0.409. The lowest BCUT2D eigenvalue weighted by molar-refractivity contribution is -0.139. The van der Waals surface area contributed by atoms with Gasteiger partial charge in [0, 0.05) is 18.8 Å². The van der Waals surface area contributed by atoms with Crippen molar-refractivity contribution in [1.29, 1.82) is 0 Å². The normalized spacial score (nSPS) is 15.3. The number of hydrogen-bond donors (Lipinski definition) is 1. The highest BCUT2D eigenvalue weighted by atomic mass is 16.5. The number of rotatable bonds is 5. The molecule has 1 aromatic carbocycles. The number of hydrogen-bond acceptors (Lipinski definition) is 5. The molecule has 2 amide bonds. The van der Waals surface area contributed by atoms with Gasteiger partial charge in [0.05, 0.1) is 11.8 Å². The van der Waals surface area contributed by atoms with Crippen LogP contribution in [0.2, 0.25) is 0 Å². The van der Waals surface area contributed by atoms with Gasteiger partial charge >= 0.3 is 5.97 Å². The van der Waals surface area contributed by atoms with Crippen molar-refractivity contribution in [2.24, 2.45) is 0 Å². The minimum absolute atomic E-state index is 0.168. The molecule has 1 atom stereocenters. The Labute approximate surface area is 170 Å². The molecule has 154 valence electrons. The van der Waals surface area contributed by atoms with Crippen LogP contribution in [0.1, 0.15) is 59.1 Å². The van der Waals surface area contributed by atoms with Crippen LogP contribution in [-0.4, -0.2) is 41.9 Å². The van der Waals surface area contributed by atoms with Gasteiger partial charge in [0.2, 0.25) is 0 Å². The maximum atomic E-state index is 12.6. The number of nitrogens with one attached hydrogen (secondary N) is 1. The first-order valence-electron chi connectivity index (χ1n) is 9.91. The third kappa shape index (κ3) is 5.25. The molecule has 0 radical (unpaired) electrons. The Morgan fingerprint density at radius 3 is 2.48 bits per heavy atom. The van der Waals surface area contributed by atoms with Gasteiger partial charge in [0.25, 0.3) is 11.8 Å². The van der Waals surface area contributed by atoms with Crippen molar-refractivity contribution in [2.75, 3.05) is 18.4 Å². The fourth-order valence-electron chi connectivity index (χ4n) is 3.30. The molecular formula is C22H26N2O5. The quantitative estimate of drug-likeness (QED) is 0.774. The minimum Gasteiger partial charge on any atom is -0.459 e. The van der Waals surface area contributed by atoms with Crippen LogP contribution in [0.25, 0.3) is 0 Å². The summed E-state index contributed by atoms with van der Waals surface area (Å²) in [4.78, 5) is 39.1. The Kier molecular flexibility index (Phi) is 6.69. The number of ether oxygens (including phenoxy) is 1. The monoisotopic (exact) mass is 398 g/mol. The van der Waals surface area contributed by atoms with E-state index in [1.54, 1.807) is 42.2 Å². The smallest absolute Gasteiger partial charge is 0.338 e. The summed E-state index contributed by atoms with van der Waals surface area (Å²) in [6, 6.07) is 8.05. The molecule has 0 spiro atoms. The highest BCUT2D eigenvalue weighted by Crippen LogP contribution is 2.20. The topological polar surface area (TPSA) is 88.9 Å². The van der Waals surface area contributed by atoms with Gasteiger partial charge in [-0.3, -0.25) is 9.59 Å². The molecule has 1 unspecified atom stereocenters. The van der Waals surface area contributed by atoms with Crippen LogP contribution in [0.15, 0.2) is 41.0 Å². The minimum atomic E-state index is -0.858. The highest BCUT2D eigenvalue weighted by molar-refractivity contribution is 6.03. The number of aryl methyl sites for hydroxylation is 1. The van der Waals surface area contributed by atoms with Gasteiger partial charge in [-0.25, -0.2) is 4.79 Å². The van der Waals surface area contributed by atoms with E-state index in [0.29, 0.717) is 18.8 Å². The average molecular weight is 398 g/mol. The summed E-state index contributed by atoms with van der Waals surface area (Å²) in [7, 11) is 0. The van der Waals surface area contributed by atoms with E-state index in [4.69, 9.17) is 9.15 Å². The van der Waals surface area contributed by atoms with Crippen molar-refractivity contribution >= 4 is 23.5 Å². The van der Waals surface area contributed by atoms with Crippen molar-refractivity contribution in [1.82, 2.24) is 4.90 Å². The van der Waals surface area contributed by atoms with Crippen LogP contribution >= 0.6 is 0 Å². The number of nitrogens with zero attached hydrogens (tertiary/aromatic N) is 1. The van der Waals surface area contributed by atoms with Gasteiger partial charge in [-0.1, -0.05) is 18.9 Å². The lowest BCUT2D eigenvalue weighted by atomic mass is 10.1. The Hall–Kier alpha value is -3.09. The van der Waals surface area contributed by atoms with Crippen LogP contribution in [0.5, 0.6) is 0 Å². The maximum Gasteiger partial charge on any atom is 0.338 e. The van der Waals surface area contributed by atoms with Crippen LogP contribution in [0, 0.1) is 6.92 Å². The highest BCUT2D eigenvalue weighted by Gasteiger charge is 2.25. The van der Waals surface area contributed by atoms with E-state index in [0.717, 1.165) is 31.2 Å². The van der Waals surface area contributed by atoms with Crippen molar-refractivity contribution in [2.45, 2.75) is 45.6 Å². The fourth-order valence-corrected chi connectivity index (χ4v) is 3.30. The number of esters is 1. The SMILES string of the molecule is Cc1ccc(C(=O)OC(C)C(=O)N2CCCCCC2)cc1NC(=O)c1ccco1. The third-order valence-corrected chi connectivity index (χ3v) is 5.02. The molecule has 0 aliphatic carbocycles. The summed E-state index contributed by atoms with van der Waals surface area (Å²) in [6.45, 7) is 4.82. The first kappa shape index (κ1) is 20.6. The molecule has 1 aromatic heterocycles. The number of amides is 2.